The molecule has 12 heteroatoms. The van der Waals surface area contributed by atoms with Crippen LogP contribution in [0.4, 0.5) is 20.2 Å². The van der Waals surface area contributed by atoms with Crippen molar-refractivity contribution in [1.29, 1.82) is 0 Å². The standard InChI is InChI=1S/C18H12ClF2N5O4/c19-18(20,21)17-25-16(26-30-17)10-3-1-9(2-4-10)5-22-12-13(15(28)14(12)27)23-6-11-7-29-8-24-11/h1-4,7-8,22-23H,5-6H2. The van der Waals surface area contributed by atoms with Crippen molar-refractivity contribution in [2.45, 2.75) is 18.5 Å². The predicted molar refractivity (Wildman–Crippen MR) is 102 cm³/mol. The van der Waals surface area contributed by atoms with Crippen LogP contribution in [-0.2, 0) is 18.5 Å². The molecule has 2 aromatic heterocycles. The summed E-state index contributed by atoms with van der Waals surface area (Å²) in [6, 6.07) is 6.57. The van der Waals surface area contributed by atoms with Crippen molar-refractivity contribution in [1.82, 2.24) is 15.1 Å². The summed E-state index contributed by atoms with van der Waals surface area (Å²) in [5.74, 6) is -1.03. The van der Waals surface area contributed by atoms with E-state index < -0.39 is 22.1 Å². The van der Waals surface area contributed by atoms with E-state index in [9.17, 15) is 18.4 Å². The van der Waals surface area contributed by atoms with E-state index >= 15 is 0 Å². The molecule has 0 radical (unpaired) electrons. The number of alkyl halides is 3. The fraction of sp³-hybridized carbons (Fsp3) is 0.167. The molecule has 4 rings (SSSR count). The van der Waals surface area contributed by atoms with E-state index in [1.165, 1.54) is 12.7 Å². The fourth-order valence-electron chi connectivity index (χ4n) is 2.65. The first kappa shape index (κ1) is 19.7. The first-order valence-electron chi connectivity index (χ1n) is 8.51. The average Bonchev–Trinajstić information content (AvgIpc) is 3.42. The summed E-state index contributed by atoms with van der Waals surface area (Å²) in [6.45, 7) is 0.486. The third-order valence-corrected chi connectivity index (χ3v) is 4.35. The Morgan fingerprint density at radius 3 is 2.27 bits per heavy atom. The lowest BCUT2D eigenvalue weighted by molar-refractivity contribution is 0.0551. The van der Waals surface area contributed by atoms with Gasteiger partial charge in [-0.3, -0.25) is 9.59 Å². The second-order valence-corrected chi connectivity index (χ2v) is 6.69. The number of hydrogen-bond donors (Lipinski definition) is 2. The van der Waals surface area contributed by atoms with Crippen LogP contribution in [0.3, 0.4) is 0 Å². The number of benzene rings is 1. The summed E-state index contributed by atoms with van der Waals surface area (Å²) >= 11 is 4.85. The maximum atomic E-state index is 13.0. The molecule has 0 saturated heterocycles. The molecule has 0 saturated carbocycles. The minimum absolute atomic E-state index is 0.0355. The van der Waals surface area contributed by atoms with Crippen LogP contribution in [0.5, 0.6) is 0 Å². The van der Waals surface area contributed by atoms with Crippen molar-refractivity contribution in [3.63, 3.8) is 0 Å². The highest BCUT2D eigenvalue weighted by atomic mass is 35.5. The monoisotopic (exact) mass is 435 g/mol. The van der Waals surface area contributed by atoms with Gasteiger partial charge in [0.25, 0.3) is 10.9 Å². The van der Waals surface area contributed by atoms with E-state index in [1.54, 1.807) is 24.3 Å². The predicted octanol–water partition coefficient (Wildman–Crippen LogP) is 2.83. The molecule has 0 spiro atoms. The molecule has 0 aliphatic heterocycles. The van der Waals surface area contributed by atoms with E-state index in [2.05, 4.69) is 30.3 Å². The Morgan fingerprint density at radius 2 is 1.70 bits per heavy atom. The number of anilines is 2. The van der Waals surface area contributed by atoms with E-state index in [-0.39, 0.29) is 30.3 Å². The van der Waals surface area contributed by atoms with Crippen molar-refractivity contribution in [3.05, 3.63) is 74.5 Å². The maximum Gasteiger partial charge on any atom is 0.400 e. The number of halogens is 3. The van der Waals surface area contributed by atoms with Crippen LogP contribution in [0, 0.1) is 0 Å². The first-order valence-corrected chi connectivity index (χ1v) is 8.89. The van der Waals surface area contributed by atoms with Gasteiger partial charge in [-0.15, -0.1) is 0 Å². The Bertz CT molecular complexity index is 1230. The zero-order valence-electron chi connectivity index (χ0n) is 15.0. The van der Waals surface area contributed by atoms with Crippen LogP contribution in [0.15, 0.2) is 55.5 Å². The van der Waals surface area contributed by atoms with E-state index in [4.69, 9.17) is 16.0 Å². The molecule has 0 aliphatic carbocycles. The number of rotatable bonds is 8. The second-order valence-electron chi connectivity index (χ2n) is 6.21. The number of oxazole rings is 1. The molecule has 0 amide bonds. The molecule has 0 aliphatic rings. The van der Waals surface area contributed by atoms with Gasteiger partial charge < -0.3 is 19.6 Å². The fourth-order valence-corrected chi connectivity index (χ4v) is 2.73. The molecular formula is C18H12ClF2N5O4. The van der Waals surface area contributed by atoms with Crippen LogP contribution in [0.2, 0.25) is 0 Å². The van der Waals surface area contributed by atoms with E-state index in [1.807, 2.05) is 0 Å². The van der Waals surface area contributed by atoms with Gasteiger partial charge in [0, 0.05) is 12.1 Å². The number of nitrogens with zero attached hydrogens (tertiary/aromatic N) is 3. The Morgan fingerprint density at radius 1 is 1.03 bits per heavy atom. The largest absolute Gasteiger partial charge is 0.451 e. The first-order chi connectivity index (χ1) is 14.3. The highest BCUT2D eigenvalue weighted by molar-refractivity contribution is 6.21. The molecule has 0 unspecified atom stereocenters. The Balaban J connectivity index is 1.40. The highest BCUT2D eigenvalue weighted by Crippen LogP contribution is 2.32. The summed E-state index contributed by atoms with van der Waals surface area (Å²) in [4.78, 5) is 31.1. The highest BCUT2D eigenvalue weighted by Gasteiger charge is 2.35. The molecule has 30 heavy (non-hydrogen) atoms. The maximum absolute atomic E-state index is 13.0. The molecule has 2 heterocycles. The number of aromatic nitrogens is 3. The normalized spacial score (nSPS) is 11.7. The number of nitrogens with one attached hydrogen (secondary N) is 2. The Kier molecular flexibility index (Phi) is 5.04. The lowest BCUT2D eigenvalue weighted by atomic mass is 10.1. The zero-order chi connectivity index (χ0) is 21.3. The van der Waals surface area contributed by atoms with Crippen molar-refractivity contribution in [3.8, 4) is 11.4 Å². The SMILES string of the molecule is O=c1c(NCc2ccc(-c3noc(C(F)(F)Cl)n3)cc2)c(NCc2cocn2)c1=O. The van der Waals surface area contributed by atoms with Gasteiger partial charge in [-0.2, -0.15) is 13.8 Å². The summed E-state index contributed by atoms with van der Waals surface area (Å²) in [6.07, 6.45) is 2.69. The molecule has 9 nitrogen and oxygen atoms in total. The lowest BCUT2D eigenvalue weighted by Gasteiger charge is -2.14. The topological polar surface area (TPSA) is 123 Å². The van der Waals surface area contributed by atoms with Gasteiger partial charge in [-0.1, -0.05) is 29.4 Å². The summed E-state index contributed by atoms with van der Waals surface area (Å²) in [5, 5.41) is 5.51. The van der Waals surface area contributed by atoms with Crippen molar-refractivity contribution < 1.29 is 17.7 Å². The van der Waals surface area contributed by atoms with Crippen LogP contribution in [0.1, 0.15) is 17.1 Å². The van der Waals surface area contributed by atoms with Crippen molar-refractivity contribution >= 4 is 23.0 Å². The molecule has 0 atom stereocenters. The molecule has 2 N–H and O–H groups in total. The number of hydrogen-bond acceptors (Lipinski definition) is 9. The average molecular weight is 436 g/mol. The third kappa shape index (κ3) is 3.92. The van der Waals surface area contributed by atoms with Gasteiger partial charge in [0.15, 0.2) is 6.39 Å². The van der Waals surface area contributed by atoms with E-state index in [0.29, 0.717) is 11.3 Å². The summed E-state index contributed by atoms with van der Waals surface area (Å²) < 4.78 is 35.3. The van der Waals surface area contributed by atoms with Crippen LogP contribution < -0.4 is 21.5 Å². The van der Waals surface area contributed by atoms with Crippen molar-refractivity contribution in [2.24, 2.45) is 0 Å². The third-order valence-electron chi connectivity index (χ3n) is 4.19. The van der Waals surface area contributed by atoms with Gasteiger partial charge in [0.05, 0.1) is 12.2 Å². The second kappa shape index (κ2) is 7.67. The smallest absolute Gasteiger partial charge is 0.400 e. The summed E-state index contributed by atoms with van der Waals surface area (Å²) in [7, 11) is 0. The zero-order valence-corrected chi connectivity index (χ0v) is 15.7. The van der Waals surface area contributed by atoms with Gasteiger partial charge in [-0.25, -0.2) is 4.98 Å². The van der Waals surface area contributed by atoms with Gasteiger partial charge >= 0.3 is 11.3 Å². The molecule has 0 bridgehead atoms. The minimum Gasteiger partial charge on any atom is -0.451 e. The quantitative estimate of drug-likeness (QED) is 0.317. The molecule has 4 aromatic rings. The van der Waals surface area contributed by atoms with Gasteiger partial charge in [0.2, 0.25) is 5.82 Å². The van der Waals surface area contributed by atoms with Crippen LogP contribution in [0.25, 0.3) is 11.4 Å². The van der Waals surface area contributed by atoms with Crippen LogP contribution >= 0.6 is 11.6 Å². The van der Waals surface area contributed by atoms with E-state index in [0.717, 1.165) is 5.56 Å². The minimum atomic E-state index is -3.74. The molecular weight excluding hydrogens is 424 g/mol. The van der Waals surface area contributed by atoms with Crippen LogP contribution in [-0.4, -0.2) is 15.1 Å². The molecule has 0 fully saturated rings. The lowest BCUT2D eigenvalue weighted by Crippen LogP contribution is -2.37. The molecule has 154 valence electrons. The molecule has 2 aromatic carbocycles. The van der Waals surface area contributed by atoms with Gasteiger partial charge in [-0.05, 0) is 17.2 Å². The Labute approximate surface area is 171 Å². The van der Waals surface area contributed by atoms with Crippen molar-refractivity contribution in [2.75, 3.05) is 10.6 Å². The summed E-state index contributed by atoms with van der Waals surface area (Å²) in [5.41, 5.74) is 0.928. The Hall–Kier alpha value is -3.60. The van der Waals surface area contributed by atoms with Gasteiger partial charge in [0.1, 0.15) is 17.6 Å².